The van der Waals surface area contributed by atoms with Crippen LogP contribution in [0.5, 0.6) is 5.75 Å². The number of halogens is 1. The van der Waals surface area contributed by atoms with Crippen LogP contribution in [0.4, 0.5) is 0 Å². The summed E-state index contributed by atoms with van der Waals surface area (Å²) < 4.78 is 5.81. The lowest BCUT2D eigenvalue weighted by Crippen LogP contribution is -2.06. The lowest BCUT2D eigenvalue weighted by Gasteiger charge is -2.14. The molecule has 0 radical (unpaired) electrons. The van der Waals surface area contributed by atoms with Crippen LogP contribution in [-0.2, 0) is 0 Å². The lowest BCUT2D eigenvalue weighted by atomic mass is 10.0. The molecule has 1 nitrogen and oxygen atoms in total. The first kappa shape index (κ1) is 14.3. The van der Waals surface area contributed by atoms with Crippen molar-refractivity contribution in [1.29, 1.82) is 0 Å². The minimum absolute atomic E-state index is 0.205. The van der Waals surface area contributed by atoms with Crippen LogP contribution in [0.3, 0.4) is 0 Å². The van der Waals surface area contributed by atoms with E-state index in [1.165, 1.54) is 5.57 Å². The second kappa shape index (κ2) is 6.85. The normalized spacial score (nSPS) is 12.3. The molecule has 17 heavy (non-hydrogen) atoms. The topological polar surface area (TPSA) is 9.23 Å². The summed E-state index contributed by atoms with van der Waals surface area (Å²) in [5, 5.41) is 0.903. The molecule has 0 saturated heterocycles. The molecule has 0 bridgehead atoms. The Labute approximate surface area is 113 Å². The van der Waals surface area contributed by atoms with Gasteiger partial charge in [-0.3, -0.25) is 0 Å². The maximum absolute atomic E-state index is 5.81. The van der Waals surface area contributed by atoms with Crippen LogP contribution in [0.25, 0.3) is 6.08 Å². The van der Waals surface area contributed by atoms with Crippen LogP contribution in [0.2, 0.25) is 0 Å². The number of benzene rings is 1. The molecule has 2 heteroatoms. The van der Waals surface area contributed by atoms with Gasteiger partial charge in [-0.15, -0.1) is 0 Å². The quantitative estimate of drug-likeness (QED) is 0.702. The Morgan fingerprint density at radius 2 is 1.88 bits per heavy atom. The summed E-state index contributed by atoms with van der Waals surface area (Å²) in [7, 11) is 0. The van der Waals surface area contributed by atoms with E-state index in [1.54, 1.807) is 0 Å². The number of para-hydroxylation sites is 1. The third kappa shape index (κ3) is 4.55. The standard InChI is InChI=1S/C15H21BrO/c1-11(2)14(10-16)9-13-7-5-6-8-15(13)17-12(3)4/h5-9,11-12H,10H2,1-4H3. The summed E-state index contributed by atoms with van der Waals surface area (Å²) in [4.78, 5) is 0. The van der Waals surface area contributed by atoms with E-state index < -0.39 is 0 Å². The molecule has 0 unspecified atom stereocenters. The van der Waals surface area contributed by atoms with Crippen LogP contribution in [-0.4, -0.2) is 11.4 Å². The van der Waals surface area contributed by atoms with Gasteiger partial charge in [-0.2, -0.15) is 0 Å². The summed E-state index contributed by atoms with van der Waals surface area (Å²) in [5.74, 6) is 1.50. The SMILES string of the molecule is CC(C)Oc1ccccc1C=C(CBr)C(C)C. The molecule has 0 amide bonds. The zero-order chi connectivity index (χ0) is 12.8. The van der Waals surface area contributed by atoms with Crippen LogP contribution >= 0.6 is 15.9 Å². The van der Waals surface area contributed by atoms with Crippen molar-refractivity contribution in [2.75, 3.05) is 5.33 Å². The molecule has 1 aromatic carbocycles. The van der Waals surface area contributed by atoms with E-state index >= 15 is 0 Å². The van der Waals surface area contributed by atoms with Gasteiger partial charge in [-0.05, 0) is 25.8 Å². The highest BCUT2D eigenvalue weighted by molar-refractivity contribution is 9.09. The Hall–Kier alpha value is -0.760. The summed E-state index contributed by atoms with van der Waals surface area (Å²) in [6.45, 7) is 8.51. The Balaban J connectivity index is 3.04. The van der Waals surface area contributed by atoms with Gasteiger partial charge >= 0.3 is 0 Å². The number of ether oxygens (including phenoxy) is 1. The highest BCUT2D eigenvalue weighted by atomic mass is 79.9. The van der Waals surface area contributed by atoms with Gasteiger partial charge in [0.1, 0.15) is 5.75 Å². The fraction of sp³-hybridized carbons (Fsp3) is 0.467. The number of hydrogen-bond donors (Lipinski definition) is 0. The number of hydrogen-bond acceptors (Lipinski definition) is 1. The van der Waals surface area contributed by atoms with Crippen molar-refractivity contribution in [3.63, 3.8) is 0 Å². The predicted molar refractivity (Wildman–Crippen MR) is 78.8 cm³/mol. The molecule has 0 aromatic heterocycles. The molecule has 0 spiro atoms. The Bertz CT molecular complexity index is 380. The summed E-state index contributed by atoms with van der Waals surface area (Å²) in [6, 6.07) is 8.18. The molecule has 0 aliphatic carbocycles. The third-order valence-corrected chi connectivity index (χ3v) is 3.17. The molecule has 0 heterocycles. The molecular weight excluding hydrogens is 276 g/mol. The minimum Gasteiger partial charge on any atom is -0.490 e. The molecule has 0 N–H and O–H groups in total. The van der Waals surface area contributed by atoms with Gasteiger partial charge in [0.05, 0.1) is 6.10 Å². The zero-order valence-electron chi connectivity index (χ0n) is 11.0. The maximum atomic E-state index is 5.81. The van der Waals surface area contributed by atoms with Crippen molar-refractivity contribution in [1.82, 2.24) is 0 Å². The van der Waals surface area contributed by atoms with Gasteiger partial charge in [0.15, 0.2) is 0 Å². The monoisotopic (exact) mass is 296 g/mol. The average molecular weight is 297 g/mol. The second-order valence-electron chi connectivity index (χ2n) is 4.71. The van der Waals surface area contributed by atoms with E-state index in [0.717, 1.165) is 16.6 Å². The molecule has 94 valence electrons. The Kier molecular flexibility index (Phi) is 5.76. The average Bonchev–Trinajstić information content (AvgIpc) is 2.26. The van der Waals surface area contributed by atoms with Crippen molar-refractivity contribution in [2.24, 2.45) is 5.92 Å². The van der Waals surface area contributed by atoms with E-state index in [1.807, 2.05) is 32.0 Å². The Morgan fingerprint density at radius 3 is 2.41 bits per heavy atom. The predicted octanol–water partition coefficient (Wildman–Crippen LogP) is 4.91. The van der Waals surface area contributed by atoms with Crippen molar-refractivity contribution in [3.8, 4) is 5.75 Å². The number of alkyl halides is 1. The highest BCUT2D eigenvalue weighted by Gasteiger charge is 2.06. The van der Waals surface area contributed by atoms with E-state index in [9.17, 15) is 0 Å². The first-order chi connectivity index (χ1) is 8.04. The number of allylic oxidation sites excluding steroid dienone is 1. The smallest absolute Gasteiger partial charge is 0.126 e. The van der Waals surface area contributed by atoms with E-state index in [2.05, 4.69) is 41.9 Å². The summed E-state index contributed by atoms with van der Waals surface area (Å²) in [5.41, 5.74) is 2.54. The molecule has 0 saturated carbocycles. The molecule has 0 aliphatic rings. The van der Waals surface area contributed by atoms with Crippen molar-refractivity contribution < 1.29 is 4.74 Å². The van der Waals surface area contributed by atoms with Gasteiger partial charge < -0.3 is 4.74 Å². The second-order valence-corrected chi connectivity index (χ2v) is 5.27. The molecular formula is C15H21BrO. The van der Waals surface area contributed by atoms with Crippen LogP contribution in [0.15, 0.2) is 29.8 Å². The van der Waals surface area contributed by atoms with Crippen LogP contribution < -0.4 is 4.74 Å². The highest BCUT2D eigenvalue weighted by Crippen LogP contribution is 2.25. The van der Waals surface area contributed by atoms with Gasteiger partial charge in [-0.1, -0.05) is 59.6 Å². The van der Waals surface area contributed by atoms with E-state index in [0.29, 0.717) is 5.92 Å². The van der Waals surface area contributed by atoms with Crippen molar-refractivity contribution in [3.05, 3.63) is 35.4 Å². The summed E-state index contributed by atoms with van der Waals surface area (Å²) >= 11 is 3.54. The Morgan fingerprint density at radius 1 is 1.24 bits per heavy atom. The van der Waals surface area contributed by atoms with E-state index in [-0.39, 0.29) is 6.10 Å². The molecule has 1 rings (SSSR count). The molecule has 0 fully saturated rings. The fourth-order valence-electron chi connectivity index (χ4n) is 1.52. The molecule has 1 aromatic rings. The number of rotatable bonds is 5. The van der Waals surface area contributed by atoms with E-state index in [4.69, 9.17) is 4.74 Å². The van der Waals surface area contributed by atoms with Crippen LogP contribution in [0, 0.1) is 5.92 Å². The summed E-state index contributed by atoms with van der Waals surface area (Å²) in [6.07, 6.45) is 2.42. The van der Waals surface area contributed by atoms with Gasteiger partial charge in [0.25, 0.3) is 0 Å². The van der Waals surface area contributed by atoms with Crippen molar-refractivity contribution in [2.45, 2.75) is 33.8 Å². The zero-order valence-corrected chi connectivity index (χ0v) is 12.6. The molecule has 0 atom stereocenters. The first-order valence-corrected chi connectivity index (χ1v) is 7.18. The lowest BCUT2D eigenvalue weighted by molar-refractivity contribution is 0.242. The minimum atomic E-state index is 0.205. The third-order valence-electron chi connectivity index (χ3n) is 2.52. The van der Waals surface area contributed by atoms with Crippen molar-refractivity contribution >= 4 is 22.0 Å². The fourth-order valence-corrected chi connectivity index (χ4v) is 2.33. The maximum Gasteiger partial charge on any atom is 0.126 e. The largest absolute Gasteiger partial charge is 0.490 e. The first-order valence-electron chi connectivity index (χ1n) is 6.06. The molecule has 0 aliphatic heterocycles. The van der Waals surface area contributed by atoms with Gasteiger partial charge in [-0.25, -0.2) is 0 Å². The van der Waals surface area contributed by atoms with Gasteiger partial charge in [0.2, 0.25) is 0 Å². The van der Waals surface area contributed by atoms with Gasteiger partial charge in [0, 0.05) is 10.9 Å². The van der Waals surface area contributed by atoms with Crippen LogP contribution in [0.1, 0.15) is 33.3 Å².